The summed E-state index contributed by atoms with van der Waals surface area (Å²) in [4.78, 5) is 36.6. The highest BCUT2D eigenvalue weighted by Gasteiger charge is 2.41. The third-order valence-electron chi connectivity index (χ3n) is 8.32. The van der Waals surface area contributed by atoms with E-state index in [4.69, 9.17) is 15.2 Å². The number of aliphatic hydroxyl groups is 1. The molecule has 1 aromatic heterocycles. The molecule has 3 heterocycles. The molecule has 2 aromatic carbocycles. The predicted molar refractivity (Wildman–Crippen MR) is 189 cm³/mol. The zero-order valence-corrected chi connectivity index (χ0v) is 30.3. The lowest BCUT2D eigenvalue weighted by molar-refractivity contribution is 0.0282. The molecule has 4 N–H and O–H groups in total. The molecule has 0 spiro atoms. The summed E-state index contributed by atoms with van der Waals surface area (Å²) in [6, 6.07) is 11.5. The maximum absolute atomic E-state index is 13.7. The highest BCUT2D eigenvalue weighted by Crippen LogP contribution is 2.36. The van der Waals surface area contributed by atoms with Gasteiger partial charge in [-0.05, 0) is 79.0 Å². The van der Waals surface area contributed by atoms with E-state index in [-0.39, 0.29) is 29.4 Å². The van der Waals surface area contributed by atoms with E-state index in [0.29, 0.717) is 54.1 Å². The van der Waals surface area contributed by atoms with Crippen LogP contribution in [0.15, 0.2) is 53.6 Å². The largest absolute Gasteiger partial charge is 0.491 e. The van der Waals surface area contributed by atoms with Crippen LogP contribution >= 0.6 is 0 Å². The van der Waals surface area contributed by atoms with Gasteiger partial charge in [-0.15, -0.1) is 0 Å². The zero-order chi connectivity index (χ0) is 36.2. The molecule has 0 aliphatic carbocycles. The van der Waals surface area contributed by atoms with Crippen LogP contribution in [0.1, 0.15) is 96.1 Å². The molecule has 3 aromatic rings. The second kappa shape index (κ2) is 14.7. The fourth-order valence-electron chi connectivity index (χ4n) is 5.88. The SMILES string of the molecule is CN(Cc1cccc2c1OCCCCCCC(C)(O)CC(C)(C)S(=O)(=O)c1ccc(cc1)-c1cnc(N)c(n1)C(=O)N2)C(=O)OC(C)(C)C. The van der Waals surface area contributed by atoms with Gasteiger partial charge in [-0.2, -0.15) is 0 Å². The molecule has 0 fully saturated rings. The van der Waals surface area contributed by atoms with Gasteiger partial charge in [0.1, 0.15) is 11.4 Å². The lowest BCUT2D eigenvalue weighted by Gasteiger charge is -2.33. The lowest BCUT2D eigenvalue weighted by atomic mass is 9.88. The molecule has 49 heavy (non-hydrogen) atoms. The van der Waals surface area contributed by atoms with Crippen molar-refractivity contribution in [2.75, 3.05) is 24.7 Å². The maximum atomic E-state index is 13.7. The van der Waals surface area contributed by atoms with Gasteiger partial charge in [0, 0.05) is 18.2 Å². The van der Waals surface area contributed by atoms with Gasteiger partial charge in [0.2, 0.25) is 0 Å². The van der Waals surface area contributed by atoms with Crippen LogP contribution < -0.4 is 15.8 Å². The summed E-state index contributed by atoms with van der Waals surface area (Å²) in [7, 11) is -2.19. The number of nitrogens with two attached hydrogens (primary N) is 1. The first-order chi connectivity index (χ1) is 22.8. The monoisotopic (exact) mass is 695 g/mol. The molecule has 13 heteroatoms. The molecular weight excluding hydrogens is 646 g/mol. The van der Waals surface area contributed by atoms with Crippen LogP contribution in [-0.4, -0.2) is 70.0 Å². The van der Waals surface area contributed by atoms with Gasteiger partial charge in [-0.3, -0.25) is 4.79 Å². The molecular formula is C36H49N5O7S. The number of ether oxygens (including phenoxy) is 2. The molecule has 0 radical (unpaired) electrons. The average molecular weight is 696 g/mol. The molecule has 0 saturated heterocycles. The number of sulfone groups is 1. The van der Waals surface area contributed by atoms with E-state index in [9.17, 15) is 23.1 Å². The normalized spacial score (nSPS) is 20.0. The first kappa shape index (κ1) is 37.6. The number of aromatic nitrogens is 2. The molecule has 266 valence electrons. The summed E-state index contributed by atoms with van der Waals surface area (Å²) >= 11 is 0. The van der Waals surface area contributed by atoms with E-state index < -0.39 is 37.8 Å². The van der Waals surface area contributed by atoms with E-state index in [2.05, 4.69) is 15.3 Å². The third-order valence-corrected chi connectivity index (χ3v) is 10.8. The first-order valence-corrected chi connectivity index (χ1v) is 18.0. The molecule has 2 aliphatic heterocycles. The van der Waals surface area contributed by atoms with E-state index in [0.717, 1.165) is 12.8 Å². The van der Waals surface area contributed by atoms with Crippen LogP contribution in [0, 0.1) is 0 Å². The summed E-state index contributed by atoms with van der Waals surface area (Å²) in [5, 5.41) is 14.1. The smallest absolute Gasteiger partial charge is 0.410 e. The van der Waals surface area contributed by atoms with Gasteiger partial charge in [0.05, 0.1) is 46.0 Å². The van der Waals surface area contributed by atoms with Crippen molar-refractivity contribution in [2.45, 2.75) is 107 Å². The van der Waals surface area contributed by atoms with Crippen LogP contribution in [0.5, 0.6) is 5.75 Å². The second-order valence-electron chi connectivity index (χ2n) is 14.5. The number of benzene rings is 2. The summed E-state index contributed by atoms with van der Waals surface area (Å²) in [6.07, 6.45) is 4.40. The Balaban J connectivity index is 1.71. The number of para-hydroxylation sites is 1. The van der Waals surface area contributed by atoms with Crippen molar-refractivity contribution >= 4 is 33.3 Å². The summed E-state index contributed by atoms with van der Waals surface area (Å²) in [5.74, 6) is -0.311. The Morgan fingerprint density at radius 1 is 1.08 bits per heavy atom. The van der Waals surface area contributed by atoms with E-state index >= 15 is 0 Å². The number of hydrogen-bond donors (Lipinski definition) is 3. The molecule has 0 saturated carbocycles. The number of fused-ring (bicyclic) bond motifs is 13. The first-order valence-electron chi connectivity index (χ1n) is 16.5. The quantitative estimate of drug-likeness (QED) is 0.273. The van der Waals surface area contributed by atoms with Gasteiger partial charge < -0.3 is 30.5 Å². The Hall–Kier alpha value is -4.23. The summed E-state index contributed by atoms with van der Waals surface area (Å²) in [6.45, 7) is 10.8. The highest BCUT2D eigenvalue weighted by molar-refractivity contribution is 7.92. The van der Waals surface area contributed by atoms with Crippen LogP contribution in [-0.2, 0) is 21.1 Å². The number of carbonyl (C=O) groups is 2. The van der Waals surface area contributed by atoms with Gasteiger partial charge in [-0.25, -0.2) is 23.2 Å². The summed E-state index contributed by atoms with van der Waals surface area (Å²) < 4.78 is 37.9. The number of anilines is 2. The number of carbonyl (C=O) groups excluding carboxylic acids is 2. The number of nitrogens with zero attached hydrogens (tertiary/aromatic N) is 3. The van der Waals surface area contributed by atoms with E-state index in [1.54, 1.807) is 72.9 Å². The Kier molecular flexibility index (Phi) is 11.3. The zero-order valence-electron chi connectivity index (χ0n) is 29.5. The van der Waals surface area contributed by atoms with Gasteiger partial charge in [0.15, 0.2) is 21.3 Å². The van der Waals surface area contributed by atoms with Gasteiger partial charge >= 0.3 is 6.09 Å². The fourth-order valence-corrected chi connectivity index (χ4v) is 7.52. The molecule has 5 rings (SSSR count). The average Bonchev–Trinajstić information content (AvgIpc) is 3.00. The maximum Gasteiger partial charge on any atom is 0.410 e. The number of hydrogen-bond acceptors (Lipinski definition) is 10. The fraction of sp³-hybridized carbons (Fsp3) is 0.500. The van der Waals surface area contributed by atoms with E-state index in [1.807, 2.05) is 6.07 Å². The second-order valence-corrected chi connectivity index (χ2v) is 17.1. The number of rotatable bonds is 2. The number of nitrogen functional groups attached to an aromatic ring is 1. The van der Waals surface area contributed by atoms with Gasteiger partial charge in [-0.1, -0.05) is 43.5 Å². The molecule has 2 aliphatic rings. The van der Waals surface area contributed by atoms with Crippen molar-refractivity contribution in [3.63, 3.8) is 0 Å². The van der Waals surface area contributed by atoms with E-state index in [1.165, 1.54) is 23.2 Å². The third kappa shape index (κ3) is 9.48. The molecule has 2 amide bonds. The minimum absolute atomic E-state index is 0.0619. The number of amides is 2. The summed E-state index contributed by atoms with van der Waals surface area (Å²) in [5.41, 5.74) is 6.00. The van der Waals surface area contributed by atoms with Crippen LogP contribution in [0.4, 0.5) is 16.3 Å². The Labute approximate surface area is 289 Å². The highest BCUT2D eigenvalue weighted by atomic mass is 32.2. The molecule has 12 nitrogen and oxygen atoms in total. The minimum atomic E-state index is -3.82. The molecule has 4 bridgehead atoms. The van der Waals surface area contributed by atoms with Crippen LogP contribution in [0.25, 0.3) is 11.3 Å². The van der Waals surface area contributed by atoms with Crippen molar-refractivity contribution in [1.82, 2.24) is 14.9 Å². The number of nitrogens with one attached hydrogen (secondary N) is 1. The topological polar surface area (TPSA) is 174 Å². The van der Waals surface area contributed by atoms with Crippen LogP contribution in [0.3, 0.4) is 0 Å². The van der Waals surface area contributed by atoms with Crippen molar-refractivity contribution in [2.24, 2.45) is 0 Å². The van der Waals surface area contributed by atoms with Crippen molar-refractivity contribution in [3.8, 4) is 17.0 Å². The molecule has 1 unspecified atom stereocenters. The Morgan fingerprint density at radius 2 is 1.76 bits per heavy atom. The Bertz CT molecular complexity index is 1770. The Morgan fingerprint density at radius 3 is 2.43 bits per heavy atom. The van der Waals surface area contributed by atoms with Gasteiger partial charge in [0.25, 0.3) is 5.91 Å². The standard InChI is InChI=1S/C36H49N5O7S/c1-34(2,3)48-33(43)41(7)22-25-13-12-14-27-30(25)47-20-11-9-8-10-19-36(6,44)23-35(4,5)49(45,46)26-17-15-24(16-18-26)28-21-38-31(37)29(39-28)32(42)40-27/h12-18,21,44H,8-11,19-20,22-23H2,1-7H3,(H2,37,38)(H,40,42). The van der Waals surface area contributed by atoms with Crippen molar-refractivity contribution < 1.29 is 32.6 Å². The van der Waals surface area contributed by atoms with Crippen LogP contribution in [0.2, 0.25) is 0 Å². The minimum Gasteiger partial charge on any atom is -0.491 e. The molecule has 1 atom stereocenters. The van der Waals surface area contributed by atoms with Crippen molar-refractivity contribution in [3.05, 3.63) is 59.9 Å². The van der Waals surface area contributed by atoms with Crippen molar-refractivity contribution in [1.29, 1.82) is 0 Å². The lowest BCUT2D eigenvalue weighted by Crippen LogP contribution is -2.41. The predicted octanol–water partition coefficient (Wildman–Crippen LogP) is 6.38.